The molecule has 0 radical (unpaired) electrons. The number of nitrogens with zero attached hydrogens (tertiary/aromatic N) is 2. The molecule has 2 aromatic rings. The predicted molar refractivity (Wildman–Crippen MR) is 86.3 cm³/mol. The maximum absolute atomic E-state index is 12.7. The minimum Gasteiger partial charge on any atom is -0.350 e. The first kappa shape index (κ1) is 14.2. The number of hydrogen-bond acceptors (Lipinski definition) is 1. The summed E-state index contributed by atoms with van der Waals surface area (Å²) in [6, 6.07) is 8.77. The molecule has 1 amide bonds. The van der Waals surface area contributed by atoms with Gasteiger partial charge in [0.15, 0.2) is 0 Å². The van der Waals surface area contributed by atoms with Gasteiger partial charge in [-0.05, 0) is 37.3 Å². The molecule has 2 heterocycles. The van der Waals surface area contributed by atoms with E-state index in [0.717, 1.165) is 31.4 Å². The molecule has 1 aromatic heterocycles. The first-order valence-corrected chi connectivity index (χ1v) is 8.03. The van der Waals surface area contributed by atoms with Crippen LogP contribution in [0.15, 0.2) is 30.5 Å². The summed E-state index contributed by atoms with van der Waals surface area (Å²) in [6.45, 7) is 3.12. The van der Waals surface area contributed by atoms with Gasteiger partial charge in [-0.15, -0.1) is 0 Å². The highest BCUT2D eigenvalue weighted by atomic mass is 16.2. The fourth-order valence-corrected chi connectivity index (χ4v) is 3.58. The third kappa shape index (κ3) is 2.69. The van der Waals surface area contributed by atoms with Crippen LogP contribution in [0.4, 0.5) is 0 Å². The molecule has 3 nitrogen and oxygen atoms in total. The molecule has 1 aromatic carbocycles. The van der Waals surface area contributed by atoms with Gasteiger partial charge in [0.2, 0.25) is 5.91 Å². The van der Waals surface area contributed by atoms with Crippen molar-refractivity contribution in [2.24, 2.45) is 7.05 Å². The van der Waals surface area contributed by atoms with Crippen LogP contribution in [0.1, 0.15) is 38.2 Å². The summed E-state index contributed by atoms with van der Waals surface area (Å²) in [5.41, 5.74) is 2.35. The van der Waals surface area contributed by atoms with Crippen molar-refractivity contribution in [3.05, 3.63) is 36.0 Å². The number of fused-ring (bicyclic) bond motifs is 1. The van der Waals surface area contributed by atoms with Gasteiger partial charge in [-0.1, -0.05) is 25.1 Å². The highest BCUT2D eigenvalue weighted by molar-refractivity contribution is 5.89. The van der Waals surface area contributed by atoms with E-state index in [9.17, 15) is 4.79 Å². The smallest absolute Gasteiger partial charge is 0.227 e. The molecule has 21 heavy (non-hydrogen) atoms. The van der Waals surface area contributed by atoms with Crippen LogP contribution in [-0.4, -0.2) is 28.0 Å². The van der Waals surface area contributed by atoms with E-state index in [4.69, 9.17) is 0 Å². The van der Waals surface area contributed by atoms with Crippen LogP contribution in [0, 0.1) is 0 Å². The fraction of sp³-hybridized carbons (Fsp3) is 0.500. The number of piperidine rings is 1. The molecule has 0 saturated carbocycles. The molecule has 1 fully saturated rings. The lowest BCUT2D eigenvalue weighted by atomic mass is 9.99. The zero-order chi connectivity index (χ0) is 14.8. The quantitative estimate of drug-likeness (QED) is 0.846. The Hall–Kier alpha value is -1.77. The van der Waals surface area contributed by atoms with E-state index in [1.54, 1.807) is 0 Å². The number of likely N-dealkylation sites (tertiary alicyclic amines) is 1. The Balaban J connectivity index is 1.83. The summed E-state index contributed by atoms with van der Waals surface area (Å²) < 4.78 is 2.12. The SMILES string of the molecule is CCC1CCCCN1C(=O)Cc1cn(C)c2ccccc12. The molecular formula is C18H24N2O. The number of benzene rings is 1. The molecule has 0 N–H and O–H groups in total. The van der Waals surface area contributed by atoms with Crippen molar-refractivity contribution >= 4 is 16.8 Å². The normalized spacial score (nSPS) is 19.1. The molecular weight excluding hydrogens is 260 g/mol. The molecule has 112 valence electrons. The number of hydrogen-bond donors (Lipinski definition) is 0. The van der Waals surface area contributed by atoms with Crippen molar-refractivity contribution in [3.63, 3.8) is 0 Å². The maximum atomic E-state index is 12.7. The van der Waals surface area contributed by atoms with E-state index >= 15 is 0 Å². The van der Waals surface area contributed by atoms with Gasteiger partial charge in [0.05, 0.1) is 6.42 Å². The maximum Gasteiger partial charge on any atom is 0.227 e. The van der Waals surface area contributed by atoms with E-state index in [2.05, 4.69) is 34.7 Å². The molecule has 1 atom stereocenters. The Morgan fingerprint density at radius 2 is 2.10 bits per heavy atom. The van der Waals surface area contributed by atoms with Crippen molar-refractivity contribution in [1.29, 1.82) is 0 Å². The van der Waals surface area contributed by atoms with Gasteiger partial charge < -0.3 is 9.47 Å². The second kappa shape index (κ2) is 5.92. The Bertz CT molecular complexity index is 644. The molecule has 0 bridgehead atoms. The van der Waals surface area contributed by atoms with Crippen molar-refractivity contribution in [3.8, 4) is 0 Å². The van der Waals surface area contributed by atoms with Crippen molar-refractivity contribution < 1.29 is 4.79 Å². The van der Waals surface area contributed by atoms with Crippen LogP contribution in [0.25, 0.3) is 10.9 Å². The van der Waals surface area contributed by atoms with E-state index in [0.29, 0.717) is 12.5 Å². The van der Waals surface area contributed by atoms with Crippen molar-refractivity contribution in [2.45, 2.75) is 45.1 Å². The third-order valence-electron chi connectivity index (χ3n) is 4.74. The van der Waals surface area contributed by atoms with Crippen LogP contribution in [0.2, 0.25) is 0 Å². The summed E-state index contributed by atoms with van der Waals surface area (Å²) in [5.74, 6) is 0.290. The minimum absolute atomic E-state index is 0.290. The lowest BCUT2D eigenvalue weighted by Crippen LogP contribution is -2.44. The van der Waals surface area contributed by atoms with E-state index in [-0.39, 0.29) is 5.91 Å². The molecule has 3 rings (SSSR count). The van der Waals surface area contributed by atoms with Gasteiger partial charge in [-0.3, -0.25) is 4.79 Å². The number of rotatable bonds is 3. The molecule has 0 spiro atoms. The first-order chi connectivity index (χ1) is 10.2. The predicted octanol–water partition coefficient (Wildman–Crippen LogP) is 3.51. The number of aromatic nitrogens is 1. The fourth-order valence-electron chi connectivity index (χ4n) is 3.58. The number of carbonyl (C=O) groups excluding carboxylic acids is 1. The van der Waals surface area contributed by atoms with Crippen LogP contribution < -0.4 is 0 Å². The lowest BCUT2D eigenvalue weighted by molar-refractivity contribution is -0.134. The minimum atomic E-state index is 0.290. The topological polar surface area (TPSA) is 25.2 Å². The molecule has 3 heteroatoms. The van der Waals surface area contributed by atoms with Gasteiger partial charge in [-0.25, -0.2) is 0 Å². The summed E-state index contributed by atoms with van der Waals surface area (Å²) in [6.07, 6.45) is 7.28. The summed E-state index contributed by atoms with van der Waals surface area (Å²) in [5, 5.41) is 1.21. The standard InChI is InChI=1S/C18H24N2O/c1-3-15-8-6-7-11-20(15)18(21)12-14-13-19(2)17-10-5-4-9-16(14)17/h4-5,9-10,13,15H,3,6-8,11-12H2,1-2H3. The van der Waals surface area contributed by atoms with Gasteiger partial charge >= 0.3 is 0 Å². The van der Waals surface area contributed by atoms with Gasteiger partial charge in [0.25, 0.3) is 0 Å². The van der Waals surface area contributed by atoms with E-state index in [1.807, 2.05) is 19.2 Å². The Morgan fingerprint density at radius 3 is 2.90 bits per heavy atom. The van der Waals surface area contributed by atoms with Crippen LogP contribution in [0.5, 0.6) is 0 Å². The average Bonchev–Trinajstić information content (AvgIpc) is 2.84. The summed E-state index contributed by atoms with van der Waals surface area (Å²) in [4.78, 5) is 14.8. The molecule has 0 aliphatic carbocycles. The largest absolute Gasteiger partial charge is 0.350 e. The Morgan fingerprint density at radius 1 is 1.29 bits per heavy atom. The van der Waals surface area contributed by atoms with Crippen molar-refractivity contribution in [1.82, 2.24) is 9.47 Å². The lowest BCUT2D eigenvalue weighted by Gasteiger charge is -2.35. The number of amides is 1. The van der Waals surface area contributed by atoms with Gasteiger partial charge in [0, 0.05) is 36.7 Å². The molecule has 1 saturated heterocycles. The van der Waals surface area contributed by atoms with Crippen LogP contribution in [0.3, 0.4) is 0 Å². The number of aryl methyl sites for hydroxylation is 1. The van der Waals surface area contributed by atoms with Gasteiger partial charge in [-0.2, -0.15) is 0 Å². The second-order valence-electron chi connectivity index (χ2n) is 6.10. The second-order valence-corrected chi connectivity index (χ2v) is 6.10. The van der Waals surface area contributed by atoms with Crippen LogP contribution >= 0.6 is 0 Å². The monoisotopic (exact) mass is 284 g/mol. The average molecular weight is 284 g/mol. The molecule has 1 unspecified atom stereocenters. The Kier molecular flexibility index (Phi) is 4.00. The van der Waals surface area contributed by atoms with Gasteiger partial charge in [0.1, 0.15) is 0 Å². The van der Waals surface area contributed by atoms with E-state index in [1.165, 1.54) is 17.3 Å². The summed E-state index contributed by atoms with van der Waals surface area (Å²) >= 11 is 0. The number of carbonyl (C=O) groups is 1. The molecule has 1 aliphatic heterocycles. The summed E-state index contributed by atoms with van der Waals surface area (Å²) in [7, 11) is 2.05. The van der Waals surface area contributed by atoms with Crippen LogP contribution in [-0.2, 0) is 18.3 Å². The van der Waals surface area contributed by atoms with E-state index < -0.39 is 0 Å². The molecule has 1 aliphatic rings. The third-order valence-corrected chi connectivity index (χ3v) is 4.74. The zero-order valence-corrected chi connectivity index (χ0v) is 13.0. The highest BCUT2D eigenvalue weighted by Gasteiger charge is 2.25. The number of para-hydroxylation sites is 1. The highest BCUT2D eigenvalue weighted by Crippen LogP contribution is 2.24. The Labute approximate surface area is 126 Å². The van der Waals surface area contributed by atoms with Crippen molar-refractivity contribution in [2.75, 3.05) is 6.54 Å². The zero-order valence-electron chi connectivity index (χ0n) is 13.0. The first-order valence-electron chi connectivity index (χ1n) is 8.03.